The molecule has 2 unspecified atom stereocenters. The Morgan fingerprint density at radius 2 is 1.78 bits per heavy atom. The van der Waals surface area contributed by atoms with Crippen molar-refractivity contribution in [3.8, 4) is 0 Å². The molecule has 1 aromatic carbocycles. The van der Waals surface area contributed by atoms with Gasteiger partial charge in [0.05, 0.1) is 5.56 Å². The molecule has 0 spiro atoms. The van der Waals surface area contributed by atoms with Crippen LogP contribution in [0, 0.1) is 11.8 Å². The second-order valence-corrected chi connectivity index (χ2v) is 6.88. The van der Waals surface area contributed by atoms with E-state index in [1.54, 1.807) is 0 Å². The van der Waals surface area contributed by atoms with Gasteiger partial charge in [-0.05, 0) is 49.8 Å². The monoisotopic (exact) mass is 325 g/mol. The number of hydrogen-bond donors (Lipinski definition) is 0. The molecule has 2 atom stereocenters. The first kappa shape index (κ1) is 16.5. The number of hydrogen-bond acceptors (Lipinski definition) is 2. The molecular weight excluding hydrogens is 303 g/mol. The minimum absolute atomic E-state index is 0.0758. The van der Waals surface area contributed by atoms with Crippen molar-refractivity contribution in [2.24, 2.45) is 11.8 Å². The maximum atomic E-state index is 12.5. The van der Waals surface area contributed by atoms with E-state index in [0.717, 1.165) is 37.1 Å². The summed E-state index contributed by atoms with van der Waals surface area (Å²) in [5, 5.41) is 0. The third-order valence-electron chi connectivity index (χ3n) is 5.21. The van der Waals surface area contributed by atoms with Gasteiger partial charge in [-0.3, -0.25) is 4.79 Å². The van der Waals surface area contributed by atoms with Crippen molar-refractivity contribution in [1.82, 2.24) is 4.90 Å². The summed E-state index contributed by atoms with van der Waals surface area (Å²) in [6.07, 6.45) is 1.21. The van der Waals surface area contributed by atoms with Crippen LogP contribution in [0.1, 0.15) is 48.0 Å². The normalized spacial score (nSPS) is 25.3. The van der Waals surface area contributed by atoms with Gasteiger partial charge in [0.25, 0.3) is 0 Å². The predicted octanol–water partition coefficient (Wildman–Crippen LogP) is 4.40. The molecule has 1 heterocycles. The van der Waals surface area contributed by atoms with Crippen molar-refractivity contribution in [3.63, 3.8) is 0 Å². The highest BCUT2D eigenvalue weighted by Crippen LogP contribution is 2.36. The zero-order chi connectivity index (χ0) is 16.4. The van der Waals surface area contributed by atoms with E-state index in [4.69, 9.17) is 0 Å². The van der Waals surface area contributed by atoms with E-state index in [0.29, 0.717) is 18.5 Å². The molecule has 1 saturated heterocycles. The number of likely N-dealkylation sites (tertiary alicyclic amines) is 1. The fourth-order valence-corrected chi connectivity index (χ4v) is 3.88. The molecule has 1 aliphatic carbocycles. The van der Waals surface area contributed by atoms with E-state index >= 15 is 0 Å². The van der Waals surface area contributed by atoms with Gasteiger partial charge in [0.1, 0.15) is 0 Å². The molecule has 1 saturated carbocycles. The first-order chi connectivity index (χ1) is 10.9. The molecule has 2 fully saturated rings. The van der Waals surface area contributed by atoms with Crippen molar-refractivity contribution < 1.29 is 18.0 Å². The van der Waals surface area contributed by atoms with Gasteiger partial charge in [-0.1, -0.05) is 18.6 Å². The van der Waals surface area contributed by atoms with Crippen molar-refractivity contribution in [2.75, 3.05) is 19.6 Å². The zero-order valence-electron chi connectivity index (χ0n) is 13.1. The van der Waals surface area contributed by atoms with E-state index < -0.39 is 11.7 Å². The zero-order valence-corrected chi connectivity index (χ0v) is 13.1. The van der Waals surface area contributed by atoms with Crippen LogP contribution in [-0.4, -0.2) is 30.3 Å². The topological polar surface area (TPSA) is 20.3 Å². The Kier molecular flexibility index (Phi) is 4.76. The standard InChI is InChI=1S/C18H22F3NO/c19-18(20,21)16-5-3-15(4-6-16)17(23)8-10-22-9-7-13-1-2-14(11-13)12-22/h3-6,13-14H,1-2,7-12H2. The smallest absolute Gasteiger partial charge is 0.303 e. The van der Waals surface area contributed by atoms with Crippen molar-refractivity contribution >= 4 is 5.78 Å². The number of benzene rings is 1. The molecule has 0 amide bonds. The number of carbonyl (C=O) groups is 1. The highest BCUT2D eigenvalue weighted by atomic mass is 19.4. The van der Waals surface area contributed by atoms with E-state index in [1.807, 2.05) is 0 Å². The number of fused-ring (bicyclic) bond motifs is 2. The number of alkyl halides is 3. The number of halogens is 3. The summed E-state index contributed by atoms with van der Waals surface area (Å²) >= 11 is 0. The van der Waals surface area contributed by atoms with Crippen LogP contribution in [0.5, 0.6) is 0 Å². The van der Waals surface area contributed by atoms with Gasteiger partial charge in [-0.15, -0.1) is 0 Å². The minimum atomic E-state index is -4.35. The SMILES string of the molecule is O=C(CCN1CCC2CCC(C2)C1)c1ccc(C(F)(F)F)cc1. The molecule has 5 heteroatoms. The Morgan fingerprint density at radius 3 is 2.48 bits per heavy atom. The van der Waals surface area contributed by atoms with Crippen molar-refractivity contribution in [2.45, 2.75) is 38.3 Å². The summed E-state index contributed by atoms with van der Waals surface area (Å²) in [5.41, 5.74) is -0.341. The first-order valence-electron chi connectivity index (χ1n) is 8.34. The number of nitrogens with zero attached hydrogens (tertiary/aromatic N) is 1. The molecule has 2 bridgehead atoms. The van der Waals surface area contributed by atoms with Gasteiger partial charge in [-0.2, -0.15) is 13.2 Å². The molecule has 0 radical (unpaired) electrons. The van der Waals surface area contributed by atoms with Crippen molar-refractivity contribution in [1.29, 1.82) is 0 Å². The fraction of sp³-hybridized carbons (Fsp3) is 0.611. The van der Waals surface area contributed by atoms with Crippen LogP contribution in [-0.2, 0) is 6.18 Å². The van der Waals surface area contributed by atoms with Crippen LogP contribution in [0.4, 0.5) is 13.2 Å². The summed E-state index contributed by atoms with van der Waals surface area (Å²) in [4.78, 5) is 14.5. The van der Waals surface area contributed by atoms with Crippen LogP contribution in [0.15, 0.2) is 24.3 Å². The van der Waals surface area contributed by atoms with E-state index in [9.17, 15) is 18.0 Å². The summed E-state index contributed by atoms with van der Waals surface area (Å²) in [6.45, 7) is 2.82. The van der Waals surface area contributed by atoms with Gasteiger partial charge >= 0.3 is 6.18 Å². The molecule has 3 rings (SSSR count). The maximum Gasteiger partial charge on any atom is 0.416 e. The lowest BCUT2D eigenvalue weighted by Crippen LogP contribution is -2.31. The van der Waals surface area contributed by atoms with Gasteiger partial charge in [-0.25, -0.2) is 0 Å². The Bertz CT molecular complexity index is 552. The lowest BCUT2D eigenvalue weighted by atomic mass is 10.0. The Morgan fingerprint density at radius 1 is 1.09 bits per heavy atom. The third-order valence-corrected chi connectivity index (χ3v) is 5.21. The Hall–Kier alpha value is -1.36. The largest absolute Gasteiger partial charge is 0.416 e. The van der Waals surface area contributed by atoms with E-state index in [2.05, 4.69) is 4.90 Å². The average Bonchev–Trinajstić information content (AvgIpc) is 2.85. The van der Waals surface area contributed by atoms with Crippen LogP contribution < -0.4 is 0 Å². The second-order valence-electron chi connectivity index (χ2n) is 6.88. The molecule has 2 aliphatic rings. The molecule has 126 valence electrons. The van der Waals surface area contributed by atoms with E-state index in [1.165, 1.54) is 37.8 Å². The third kappa shape index (κ3) is 4.14. The summed E-state index contributed by atoms with van der Waals surface area (Å²) in [5.74, 6) is 1.55. The van der Waals surface area contributed by atoms with Crippen LogP contribution >= 0.6 is 0 Å². The van der Waals surface area contributed by atoms with Crippen LogP contribution in [0.3, 0.4) is 0 Å². The van der Waals surface area contributed by atoms with E-state index in [-0.39, 0.29) is 5.78 Å². The summed E-state index contributed by atoms with van der Waals surface area (Å²) in [7, 11) is 0. The van der Waals surface area contributed by atoms with Gasteiger partial charge < -0.3 is 4.90 Å². The van der Waals surface area contributed by atoms with Gasteiger partial charge in [0.15, 0.2) is 5.78 Å². The average molecular weight is 325 g/mol. The van der Waals surface area contributed by atoms with Crippen LogP contribution in [0.25, 0.3) is 0 Å². The predicted molar refractivity (Wildman–Crippen MR) is 82.3 cm³/mol. The molecular formula is C18H22F3NO. The van der Waals surface area contributed by atoms with Gasteiger partial charge in [0.2, 0.25) is 0 Å². The summed E-state index contributed by atoms with van der Waals surface area (Å²) in [6, 6.07) is 4.54. The molecule has 2 nitrogen and oxygen atoms in total. The van der Waals surface area contributed by atoms with Crippen LogP contribution in [0.2, 0.25) is 0 Å². The molecule has 23 heavy (non-hydrogen) atoms. The highest BCUT2D eigenvalue weighted by molar-refractivity contribution is 5.96. The first-order valence-corrected chi connectivity index (χ1v) is 8.34. The second kappa shape index (κ2) is 6.63. The summed E-state index contributed by atoms with van der Waals surface area (Å²) < 4.78 is 37.6. The molecule has 0 aromatic heterocycles. The number of carbonyl (C=O) groups excluding carboxylic acids is 1. The maximum absolute atomic E-state index is 12.5. The minimum Gasteiger partial charge on any atom is -0.303 e. The molecule has 0 N–H and O–H groups in total. The van der Waals surface area contributed by atoms with Crippen molar-refractivity contribution in [3.05, 3.63) is 35.4 Å². The Balaban J connectivity index is 1.53. The fourth-order valence-electron chi connectivity index (χ4n) is 3.88. The number of rotatable bonds is 4. The number of ketones is 1. The Labute approximate surface area is 134 Å². The van der Waals surface area contributed by atoms with Gasteiger partial charge in [0, 0.05) is 25.1 Å². The highest BCUT2D eigenvalue weighted by Gasteiger charge is 2.31. The lowest BCUT2D eigenvalue weighted by molar-refractivity contribution is -0.137. The molecule has 1 aromatic rings. The lowest BCUT2D eigenvalue weighted by Gasteiger charge is -2.24. The molecule has 1 aliphatic heterocycles. The quantitative estimate of drug-likeness (QED) is 0.765. The number of Topliss-reactive ketones (excluding diaryl/α,β-unsaturated/α-hetero) is 1.